The summed E-state index contributed by atoms with van der Waals surface area (Å²) in [6.07, 6.45) is 0. The summed E-state index contributed by atoms with van der Waals surface area (Å²) in [6.45, 7) is 4.08. The second-order valence-electron chi connectivity index (χ2n) is 4.81. The van der Waals surface area contributed by atoms with Crippen LogP contribution in [-0.4, -0.2) is 13.2 Å². The quantitative estimate of drug-likeness (QED) is 0.915. The maximum atomic E-state index is 5.60. The van der Waals surface area contributed by atoms with Gasteiger partial charge >= 0.3 is 0 Å². The number of aryl methyl sites for hydroxylation is 1. The Morgan fingerprint density at radius 2 is 1.70 bits per heavy atom. The van der Waals surface area contributed by atoms with E-state index >= 15 is 0 Å². The van der Waals surface area contributed by atoms with Gasteiger partial charge in [-0.3, -0.25) is 0 Å². The van der Waals surface area contributed by atoms with Crippen molar-refractivity contribution in [1.29, 1.82) is 0 Å². The van der Waals surface area contributed by atoms with E-state index in [9.17, 15) is 0 Å². The molecule has 0 saturated carbocycles. The summed E-state index contributed by atoms with van der Waals surface area (Å²) in [5, 5.41) is 3.42. The Labute approximate surface area is 127 Å². The number of fused-ring (bicyclic) bond motifs is 1. The predicted octanol–water partition coefficient (Wildman–Crippen LogP) is 4.14. The molecule has 0 saturated heterocycles. The SMILES string of the molecule is Cc1ccc(CNc2cc3c(cc2Br)OCCO3)cc1. The fraction of sp³-hybridized carbons (Fsp3) is 0.250. The van der Waals surface area contributed by atoms with Crippen molar-refractivity contribution in [3.05, 3.63) is 52.0 Å². The third kappa shape index (κ3) is 2.90. The molecule has 1 N–H and O–H groups in total. The maximum absolute atomic E-state index is 5.60. The van der Waals surface area contributed by atoms with Gasteiger partial charge in [-0.1, -0.05) is 29.8 Å². The van der Waals surface area contributed by atoms with Crippen LogP contribution in [0.2, 0.25) is 0 Å². The minimum absolute atomic E-state index is 0.603. The van der Waals surface area contributed by atoms with Gasteiger partial charge in [0, 0.05) is 23.2 Å². The molecule has 1 aliphatic rings. The van der Waals surface area contributed by atoms with Gasteiger partial charge in [0.15, 0.2) is 11.5 Å². The molecule has 0 bridgehead atoms. The Kier molecular flexibility index (Phi) is 3.83. The Morgan fingerprint density at radius 3 is 2.40 bits per heavy atom. The fourth-order valence-corrected chi connectivity index (χ4v) is 2.57. The monoisotopic (exact) mass is 333 g/mol. The van der Waals surface area contributed by atoms with Crippen LogP contribution in [0.1, 0.15) is 11.1 Å². The summed E-state index contributed by atoms with van der Waals surface area (Å²) in [6, 6.07) is 12.4. The van der Waals surface area contributed by atoms with Crippen molar-refractivity contribution in [2.75, 3.05) is 18.5 Å². The van der Waals surface area contributed by atoms with E-state index in [2.05, 4.69) is 52.4 Å². The highest BCUT2D eigenvalue weighted by molar-refractivity contribution is 9.10. The van der Waals surface area contributed by atoms with Crippen molar-refractivity contribution in [3.8, 4) is 11.5 Å². The van der Waals surface area contributed by atoms with Crippen LogP contribution in [0, 0.1) is 6.92 Å². The summed E-state index contributed by atoms with van der Waals surface area (Å²) in [5.41, 5.74) is 3.53. The van der Waals surface area contributed by atoms with Crippen LogP contribution in [0.4, 0.5) is 5.69 Å². The lowest BCUT2D eigenvalue weighted by Crippen LogP contribution is -2.15. The van der Waals surface area contributed by atoms with Crippen molar-refractivity contribution in [1.82, 2.24) is 0 Å². The van der Waals surface area contributed by atoms with Crippen molar-refractivity contribution in [2.24, 2.45) is 0 Å². The smallest absolute Gasteiger partial charge is 0.163 e. The minimum atomic E-state index is 0.603. The highest BCUT2D eigenvalue weighted by Crippen LogP contribution is 2.38. The van der Waals surface area contributed by atoms with Gasteiger partial charge in [-0.05, 0) is 28.4 Å². The zero-order valence-electron chi connectivity index (χ0n) is 11.3. The summed E-state index contributed by atoms with van der Waals surface area (Å²) < 4.78 is 12.1. The Balaban J connectivity index is 1.75. The summed E-state index contributed by atoms with van der Waals surface area (Å²) in [5.74, 6) is 1.59. The highest BCUT2D eigenvalue weighted by atomic mass is 79.9. The second kappa shape index (κ2) is 5.75. The van der Waals surface area contributed by atoms with Crippen molar-refractivity contribution in [2.45, 2.75) is 13.5 Å². The number of hydrogen-bond acceptors (Lipinski definition) is 3. The molecule has 1 aliphatic heterocycles. The van der Waals surface area contributed by atoms with Crippen LogP contribution >= 0.6 is 15.9 Å². The zero-order chi connectivity index (χ0) is 13.9. The molecular formula is C16H16BrNO2. The summed E-state index contributed by atoms with van der Waals surface area (Å²) in [7, 11) is 0. The molecule has 3 nitrogen and oxygen atoms in total. The second-order valence-corrected chi connectivity index (χ2v) is 5.67. The van der Waals surface area contributed by atoms with E-state index in [1.54, 1.807) is 0 Å². The molecule has 0 aliphatic carbocycles. The third-order valence-corrected chi connectivity index (χ3v) is 3.89. The van der Waals surface area contributed by atoms with E-state index in [1.165, 1.54) is 11.1 Å². The van der Waals surface area contributed by atoms with Gasteiger partial charge in [-0.15, -0.1) is 0 Å². The first-order valence-corrected chi connectivity index (χ1v) is 7.40. The molecule has 0 atom stereocenters. The molecule has 2 aromatic rings. The molecule has 104 valence electrons. The van der Waals surface area contributed by atoms with Gasteiger partial charge < -0.3 is 14.8 Å². The van der Waals surface area contributed by atoms with E-state index < -0.39 is 0 Å². The van der Waals surface area contributed by atoms with E-state index in [4.69, 9.17) is 9.47 Å². The number of hydrogen-bond donors (Lipinski definition) is 1. The number of benzene rings is 2. The standard InChI is InChI=1S/C16H16BrNO2/c1-11-2-4-12(5-3-11)10-18-14-9-16-15(8-13(14)17)19-6-7-20-16/h2-5,8-9,18H,6-7,10H2,1H3. The first-order chi connectivity index (χ1) is 9.72. The van der Waals surface area contributed by atoms with E-state index in [0.717, 1.165) is 28.2 Å². The molecule has 0 unspecified atom stereocenters. The Hall–Kier alpha value is -1.68. The Morgan fingerprint density at radius 1 is 1.05 bits per heavy atom. The maximum Gasteiger partial charge on any atom is 0.163 e. The lowest BCUT2D eigenvalue weighted by molar-refractivity contribution is 0.171. The number of nitrogens with one attached hydrogen (secondary N) is 1. The number of halogens is 1. The minimum Gasteiger partial charge on any atom is -0.486 e. The lowest BCUT2D eigenvalue weighted by atomic mass is 10.1. The van der Waals surface area contributed by atoms with Crippen LogP contribution < -0.4 is 14.8 Å². The van der Waals surface area contributed by atoms with Crippen LogP contribution in [0.25, 0.3) is 0 Å². The zero-order valence-corrected chi connectivity index (χ0v) is 12.9. The third-order valence-electron chi connectivity index (χ3n) is 3.24. The fourth-order valence-electron chi connectivity index (χ4n) is 2.10. The summed E-state index contributed by atoms with van der Waals surface area (Å²) >= 11 is 3.56. The van der Waals surface area contributed by atoms with E-state index in [0.29, 0.717) is 13.2 Å². The van der Waals surface area contributed by atoms with Crippen molar-refractivity contribution in [3.63, 3.8) is 0 Å². The van der Waals surface area contributed by atoms with Gasteiger partial charge in [-0.2, -0.15) is 0 Å². The molecule has 0 fully saturated rings. The topological polar surface area (TPSA) is 30.5 Å². The van der Waals surface area contributed by atoms with Gasteiger partial charge in [0.2, 0.25) is 0 Å². The van der Waals surface area contributed by atoms with Gasteiger partial charge in [0.1, 0.15) is 13.2 Å². The van der Waals surface area contributed by atoms with E-state index in [-0.39, 0.29) is 0 Å². The highest BCUT2D eigenvalue weighted by Gasteiger charge is 2.14. The molecule has 2 aromatic carbocycles. The first-order valence-electron chi connectivity index (χ1n) is 6.61. The summed E-state index contributed by atoms with van der Waals surface area (Å²) in [4.78, 5) is 0. The molecule has 20 heavy (non-hydrogen) atoms. The molecule has 4 heteroatoms. The number of rotatable bonds is 3. The van der Waals surface area contributed by atoms with Crippen molar-refractivity contribution >= 4 is 21.6 Å². The molecule has 0 radical (unpaired) electrons. The average Bonchev–Trinajstić information content (AvgIpc) is 2.47. The predicted molar refractivity (Wildman–Crippen MR) is 83.6 cm³/mol. The van der Waals surface area contributed by atoms with Crippen LogP contribution in [0.15, 0.2) is 40.9 Å². The number of anilines is 1. The Bertz CT molecular complexity index is 611. The van der Waals surface area contributed by atoms with Crippen molar-refractivity contribution < 1.29 is 9.47 Å². The molecule has 3 rings (SSSR count). The molecule has 0 spiro atoms. The molecule has 1 heterocycles. The molecule has 0 amide bonds. The van der Waals surface area contributed by atoms with Crippen LogP contribution in [0.3, 0.4) is 0 Å². The van der Waals surface area contributed by atoms with Gasteiger partial charge in [-0.25, -0.2) is 0 Å². The van der Waals surface area contributed by atoms with E-state index in [1.807, 2.05) is 12.1 Å². The van der Waals surface area contributed by atoms with Crippen LogP contribution in [-0.2, 0) is 6.54 Å². The first kappa shape index (κ1) is 13.3. The van der Waals surface area contributed by atoms with Gasteiger partial charge in [0.05, 0.1) is 5.69 Å². The lowest BCUT2D eigenvalue weighted by Gasteiger charge is -2.20. The van der Waals surface area contributed by atoms with Gasteiger partial charge in [0.25, 0.3) is 0 Å². The number of ether oxygens (including phenoxy) is 2. The normalized spacial score (nSPS) is 13.1. The van der Waals surface area contributed by atoms with Crippen LogP contribution in [0.5, 0.6) is 11.5 Å². The average molecular weight is 334 g/mol. The molecular weight excluding hydrogens is 318 g/mol. The largest absolute Gasteiger partial charge is 0.486 e. The molecule has 0 aromatic heterocycles.